The Morgan fingerprint density at radius 1 is 1.27 bits per heavy atom. The number of aromatic amines is 1. The van der Waals surface area contributed by atoms with Crippen LogP contribution in [0.2, 0.25) is 0 Å². The van der Waals surface area contributed by atoms with Gasteiger partial charge in [-0.2, -0.15) is 0 Å². The monoisotopic (exact) mass is 407 g/mol. The number of nitrogens with one attached hydrogen (secondary N) is 2. The zero-order valence-corrected chi connectivity index (χ0v) is 16.9. The first kappa shape index (κ1) is 18.8. The molecule has 1 saturated carbocycles. The van der Waals surface area contributed by atoms with Gasteiger partial charge in [-0.3, -0.25) is 9.59 Å². The van der Waals surface area contributed by atoms with E-state index in [2.05, 4.69) is 27.4 Å². The fourth-order valence-corrected chi connectivity index (χ4v) is 4.28. The first-order valence-corrected chi connectivity index (χ1v) is 10.6. The number of imidazole rings is 1. The van der Waals surface area contributed by atoms with Gasteiger partial charge >= 0.3 is 0 Å². The fourth-order valence-electron chi connectivity index (χ4n) is 4.28. The van der Waals surface area contributed by atoms with E-state index in [0.29, 0.717) is 36.2 Å². The number of hydrogen-bond acceptors (Lipinski definition) is 5. The highest BCUT2D eigenvalue weighted by Gasteiger charge is 2.31. The predicted octanol–water partition coefficient (Wildman–Crippen LogP) is 3.10. The second-order valence-electron chi connectivity index (χ2n) is 8.47. The summed E-state index contributed by atoms with van der Waals surface area (Å²) in [5.41, 5.74) is 2.74. The SMILES string of the molecule is C[C@H]1CC(CNC(=O)c2cc(C3CC3)on2)CCN1C(=O)c1ccc2nc[nH]c2c1. The molecule has 1 aromatic carbocycles. The van der Waals surface area contributed by atoms with Crippen molar-refractivity contribution in [2.45, 2.75) is 44.6 Å². The number of fused-ring (bicyclic) bond motifs is 1. The molecule has 5 rings (SSSR count). The smallest absolute Gasteiger partial charge is 0.273 e. The maximum atomic E-state index is 13.0. The molecule has 30 heavy (non-hydrogen) atoms. The average Bonchev–Trinajstić information content (AvgIpc) is 3.29. The highest BCUT2D eigenvalue weighted by molar-refractivity contribution is 5.97. The average molecular weight is 407 g/mol. The van der Waals surface area contributed by atoms with Gasteiger partial charge in [-0.15, -0.1) is 0 Å². The van der Waals surface area contributed by atoms with E-state index in [1.165, 1.54) is 0 Å². The molecule has 8 nitrogen and oxygen atoms in total. The van der Waals surface area contributed by atoms with Gasteiger partial charge in [0.2, 0.25) is 0 Å². The summed E-state index contributed by atoms with van der Waals surface area (Å²) in [6, 6.07) is 7.42. The number of rotatable bonds is 5. The number of likely N-dealkylation sites (tertiary alicyclic amines) is 1. The number of H-pyrrole nitrogens is 1. The second kappa shape index (κ2) is 7.59. The molecule has 3 heterocycles. The highest BCUT2D eigenvalue weighted by atomic mass is 16.5. The van der Waals surface area contributed by atoms with Gasteiger partial charge in [0.25, 0.3) is 11.8 Å². The Kier molecular flexibility index (Phi) is 4.77. The van der Waals surface area contributed by atoms with Gasteiger partial charge in [-0.25, -0.2) is 4.98 Å². The summed E-state index contributed by atoms with van der Waals surface area (Å²) in [5, 5.41) is 6.87. The van der Waals surface area contributed by atoms with Gasteiger partial charge in [0.1, 0.15) is 5.76 Å². The number of nitrogens with zero attached hydrogens (tertiary/aromatic N) is 3. The van der Waals surface area contributed by atoms with E-state index in [9.17, 15) is 9.59 Å². The molecule has 2 aliphatic rings. The molecule has 2 N–H and O–H groups in total. The third kappa shape index (κ3) is 3.69. The Bertz CT molecular complexity index is 1080. The van der Waals surface area contributed by atoms with Gasteiger partial charge in [-0.05, 0) is 56.7 Å². The van der Waals surface area contributed by atoms with Crippen LogP contribution in [0.3, 0.4) is 0 Å². The summed E-state index contributed by atoms with van der Waals surface area (Å²) in [6.07, 6.45) is 5.56. The van der Waals surface area contributed by atoms with E-state index in [1.54, 1.807) is 12.4 Å². The zero-order chi connectivity index (χ0) is 20.7. The zero-order valence-electron chi connectivity index (χ0n) is 16.9. The van der Waals surface area contributed by atoms with E-state index in [4.69, 9.17) is 4.52 Å². The van der Waals surface area contributed by atoms with Gasteiger partial charge in [-0.1, -0.05) is 5.16 Å². The van der Waals surface area contributed by atoms with Crippen LogP contribution in [0.4, 0.5) is 0 Å². The maximum Gasteiger partial charge on any atom is 0.273 e. The van der Waals surface area contributed by atoms with Crippen LogP contribution in [0.15, 0.2) is 35.1 Å². The third-order valence-electron chi connectivity index (χ3n) is 6.20. The number of aromatic nitrogens is 3. The molecular weight excluding hydrogens is 382 g/mol. The van der Waals surface area contributed by atoms with Gasteiger partial charge in [0.05, 0.1) is 17.4 Å². The summed E-state index contributed by atoms with van der Waals surface area (Å²) in [6.45, 7) is 3.33. The molecule has 1 unspecified atom stereocenters. The summed E-state index contributed by atoms with van der Waals surface area (Å²) in [7, 11) is 0. The van der Waals surface area contributed by atoms with Crippen LogP contribution in [0.25, 0.3) is 11.0 Å². The van der Waals surface area contributed by atoms with Crippen molar-refractivity contribution in [2.75, 3.05) is 13.1 Å². The molecule has 0 radical (unpaired) electrons. The lowest BCUT2D eigenvalue weighted by atomic mass is 9.91. The molecule has 1 aliphatic heterocycles. The largest absolute Gasteiger partial charge is 0.360 e. The van der Waals surface area contributed by atoms with Crippen molar-refractivity contribution in [3.05, 3.63) is 47.6 Å². The number of carbonyl (C=O) groups excluding carboxylic acids is 2. The van der Waals surface area contributed by atoms with Crippen molar-refractivity contribution in [1.29, 1.82) is 0 Å². The van der Waals surface area contributed by atoms with Crippen LogP contribution in [-0.2, 0) is 0 Å². The van der Waals surface area contributed by atoms with E-state index < -0.39 is 0 Å². The molecule has 156 valence electrons. The lowest BCUT2D eigenvalue weighted by Gasteiger charge is -2.37. The van der Waals surface area contributed by atoms with E-state index in [-0.39, 0.29) is 17.9 Å². The molecule has 8 heteroatoms. The quantitative estimate of drug-likeness (QED) is 0.676. The van der Waals surface area contributed by atoms with E-state index in [1.807, 2.05) is 23.1 Å². The molecule has 2 fully saturated rings. The van der Waals surface area contributed by atoms with Crippen molar-refractivity contribution in [3.63, 3.8) is 0 Å². The number of amides is 2. The Morgan fingerprint density at radius 2 is 2.13 bits per heavy atom. The van der Waals surface area contributed by atoms with Crippen LogP contribution in [0, 0.1) is 5.92 Å². The summed E-state index contributed by atoms with van der Waals surface area (Å²) >= 11 is 0. The van der Waals surface area contributed by atoms with Crippen molar-refractivity contribution in [2.24, 2.45) is 5.92 Å². The van der Waals surface area contributed by atoms with Gasteiger partial charge in [0.15, 0.2) is 5.69 Å². The third-order valence-corrected chi connectivity index (χ3v) is 6.20. The van der Waals surface area contributed by atoms with Gasteiger partial charge < -0.3 is 19.7 Å². The topological polar surface area (TPSA) is 104 Å². The first-order chi connectivity index (χ1) is 14.6. The lowest BCUT2D eigenvalue weighted by Crippen LogP contribution is -2.46. The molecule has 2 atom stereocenters. The van der Waals surface area contributed by atoms with Crippen LogP contribution in [0.1, 0.15) is 65.1 Å². The maximum absolute atomic E-state index is 13.0. The molecular formula is C22H25N5O3. The van der Waals surface area contributed by atoms with Crippen molar-refractivity contribution >= 4 is 22.8 Å². The minimum atomic E-state index is -0.190. The second-order valence-corrected chi connectivity index (χ2v) is 8.47. The molecule has 2 amide bonds. The Hall–Kier alpha value is -3.16. The Morgan fingerprint density at radius 3 is 2.93 bits per heavy atom. The van der Waals surface area contributed by atoms with Crippen LogP contribution < -0.4 is 5.32 Å². The highest BCUT2D eigenvalue weighted by Crippen LogP contribution is 2.40. The summed E-state index contributed by atoms with van der Waals surface area (Å²) < 4.78 is 5.26. The standard InChI is InChI=1S/C22H25N5O3/c1-13-8-14(11-23-21(28)19-10-20(30-26-19)15-2-3-15)6-7-27(13)22(29)16-4-5-17-18(9-16)25-12-24-17/h4-5,9-10,12-15H,2-3,6-8,11H2,1H3,(H,23,28)(H,24,25)/t13-,14?/m0/s1. The van der Waals surface area contributed by atoms with E-state index >= 15 is 0 Å². The normalized spacial score (nSPS) is 21.7. The molecule has 3 aromatic rings. The lowest BCUT2D eigenvalue weighted by molar-refractivity contribution is 0.0571. The Balaban J connectivity index is 1.15. The van der Waals surface area contributed by atoms with Crippen molar-refractivity contribution in [3.8, 4) is 0 Å². The Labute approximate surface area is 174 Å². The van der Waals surface area contributed by atoms with Crippen LogP contribution in [-0.4, -0.2) is 51.0 Å². The van der Waals surface area contributed by atoms with Crippen LogP contribution >= 0.6 is 0 Å². The minimum absolute atomic E-state index is 0.0386. The first-order valence-electron chi connectivity index (χ1n) is 10.6. The van der Waals surface area contributed by atoms with Gasteiger partial charge in [0, 0.05) is 36.7 Å². The summed E-state index contributed by atoms with van der Waals surface area (Å²) in [5.74, 6) is 1.43. The number of piperidine rings is 1. The molecule has 1 saturated heterocycles. The van der Waals surface area contributed by atoms with Crippen LogP contribution in [0.5, 0.6) is 0 Å². The number of carbonyl (C=O) groups is 2. The van der Waals surface area contributed by atoms with Crippen molar-refractivity contribution < 1.29 is 14.1 Å². The molecule has 2 aromatic heterocycles. The fraction of sp³-hybridized carbons (Fsp3) is 0.455. The molecule has 1 aliphatic carbocycles. The number of benzene rings is 1. The van der Waals surface area contributed by atoms with E-state index in [0.717, 1.165) is 42.5 Å². The molecule has 0 spiro atoms. The molecule has 0 bridgehead atoms. The number of hydrogen-bond donors (Lipinski definition) is 2. The van der Waals surface area contributed by atoms with Crippen molar-refractivity contribution in [1.82, 2.24) is 25.3 Å². The summed E-state index contributed by atoms with van der Waals surface area (Å²) in [4.78, 5) is 34.5. The predicted molar refractivity (Wildman–Crippen MR) is 110 cm³/mol. The minimum Gasteiger partial charge on any atom is -0.360 e.